The maximum atomic E-state index is 12.4. The van der Waals surface area contributed by atoms with Crippen LogP contribution in [0, 0.1) is 18.8 Å². The number of pyridine rings is 1. The molecule has 0 spiro atoms. The highest BCUT2D eigenvalue weighted by Crippen LogP contribution is 2.38. The Hall–Kier alpha value is -5.01. The Bertz CT molecular complexity index is 1970. The molecule has 2 fully saturated rings. The van der Waals surface area contributed by atoms with Crippen molar-refractivity contribution in [1.29, 1.82) is 0 Å². The van der Waals surface area contributed by atoms with E-state index in [9.17, 15) is 24.9 Å². The Morgan fingerprint density at radius 2 is 1.75 bits per heavy atom. The number of esters is 2. The van der Waals surface area contributed by atoms with E-state index in [0.29, 0.717) is 62.5 Å². The summed E-state index contributed by atoms with van der Waals surface area (Å²) < 4.78 is 22.1. The van der Waals surface area contributed by atoms with E-state index in [1.165, 1.54) is 5.39 Å². The summed E-state index contributed by atoms with van der Waals surface area (Å²) in [5, 5.41) is 37.6. The molecule has 4 N–H and O–H groups in total. The number of carbonyl (C=O) groups excluding carboxylic acids is 2. The van der Waals surface area contributed by atoms with Gasteiger partial charge in [0, 0.05) is 67.4 Å². The number of anilines is 1. The number of nitrogens with one attached hydrogen (secondary N) is 1. The Morgan fingerprint density at radius 1 is 0.933 bits per heavy atom. The summed E-state index contributed by atoms with van der Waals surface area (Å²) in [5.74, 6) is 0.368. The average molecular weight is 824 g/mol. The number of hydrogen-bond acceptors (Lipinski definition) is 12. The van der Waals surface area contributed by atoms with Gasteiger partial charge in [0.15, 0.2) is 6.61 Å². The van der Waals surface area contributed by atoms with Crippen LogP contribution in [0.5, 0.6) is 11.5 Å². The fraction of sp³-hybridized carbons (Fsp3) is 0.479. The van der Waals surface area contributed by atoms with E-state index in [0.717, 1.165) is 48.3 Å². The van der Waals surface area contributed by atoms with Crippen LogP contribution in [0.4, 0.5) is 5.69 Å². The van der Waals surface area contributed by atoms with Gasteiger partial charge < -0.3 is 39.6 Å². The Kier molecular flexibility index (Phi) is 17.2. The summed E-state index contributed by atoms with van der Waals surface area (Å²) in [5.41, 5.74) is 3.19. The van der Waals surface area contributed by atoms with E-state index in [2.05, 4.69) is 39.5 Å². The molecule has 1 aliphatic heterocycles. The smallest absolute Gasteiger partial charge is 0.344 e. The molecule has 12 nitrogen and oxygen atoms in total. The molecule has 0 radical (unpaired) electrons. The Labute approximate surface area is 353 Å². The Balaban J connectivity index is 0.795. The molecule has 0 amide bonds. The molecule has 1 aromatic heterocycles. The van der Waals surface area contributed by atoms with Crippen molar-refractivity contribution >= 4 is 28.4 Å². The monoisotopic (exact) mass is 823 g/mol. The minimum atomic E-state index is -0.662. The lowest BCUT2D eigenvalue weighted by molar-refractivity contribution is -0.147. The van der Waals surface area contributed by atoms with Crippen LogP contribution in [-0.4, -0.2) is 101 Å². The summed E-state index contributed by atoms with van der Waals surface area (Å²) in [6.07, 6.45) is 10.9. The van der Waals surface area contributed by atoms with Crippen LogP contribution in [0.3, 0.4) is 0 Å². The van der Waals surface area contributed by atoms with E-state index in [4.69, 9.17) is 18.9 Å². The molecule has 60 heavy (non-hydrogen) atoms. The fourth-order valence-electron chi connectivity index (χ4n) is 8.22. The number of aromatic nitrogens is 1. The second kappa shape index (κ2) is 23.1. The molecule has 1 saturated carbocycles. The van der Waals surface area contributed by atoms with Crippen molar-refractivity contribution in [3.8, 4) is 11.5 Å². The van der Waals surface area contributed by atoms with Crippen molar-refractivity contribution in [3.63, 3.8) is 0 Å². The average Bonchev–Trinajstić information content (AvgIpc) is 3.81. The van der Waals surface area contributed by atoms with Crippen molar-refractivity contribution in [2.45, 2.75) is 95.6 Å². The van der Waals surface area contributed by atoms with Crippen molar-refractivity contribution < 1.29 is 43.9 Å². The predicted octanol–water partition coefficient (Wildman–Crippen LogP) is 6.78. The number of allylic oxidation sites excluding steroid dienone is 2. The zero-order chi connectivity index (χ0) is 42.1. The number of unbranched alkanes of at least 4 members (excludes halogenated alkanes) is 1. The van der Waals surface area contributed by atoms with Gasteiger partial charge in [-0.3, -0.25) is 14.7 Å². The van der Waals surface area contributed by atoms with E-state index in [1.54, 1.807) is 0 Å². The van der Waals surface area contributed by atoms with Crippen LogP contribution in [-0.2, 0) is 25.6 Å². The molecule has 1 saturated heterocycles. The molecule has 0 bridgehead atoms. The van der Waals surface area contributed by atoms with E-state index in [-0.39, 0.29) is 50.7 Å². The summed E-state index contributed by atoms with van der Waals surface area (Å²) in [7, 11) is 0. The second-order valence-electron chi connectivity index (χ2n) is 16.1. The van der Waals surface area contributed by atoms with Crippen molar-refractivity contribution in [2.24, 2.45) is 11.8 Å². The van der Waals surface area contributed by atoms with Gasteiger partial charge in [0.2, 0.25) is 0 Å². The number of para-hydroxylation sites is 1. The minimum absolute atomic E-state index is 0.0947. The molecule has 12 heteroatoms. The predicted molar refractivity (Wildman–Crippen MR) is 231 cm³/mol. The lowest BCUT2D eigenvalue weighted by Crippen LogP contribution is -2.26. The van der Waals surface area contributed by atoms with Crippen LogP contribution in [0.1, 0.15) is 68.9 Å². The van der Waals surface area contributed by atoms with Gasteiger partial charge in [-0.15, -0.1) is 0 Å². The number of hydrogen-bond donors (Lipinski definition) is 4. The number of aryl methyl sites for hydroxylation is 1. The SMILES string of the molecule is Cc1ccc(CN2CC[C@@H](Nc3cccc4cnccc34)C2)cc1OCC(=O)OCCCOC(=O)CCC/C=C\C[C@@H]1[C@@H](CC[C@@H](O)COc2ccccc2)[C@H](O)C[C@@H]1O. The van der Waals surface area contributed by atoms with Crippen LogP contribution in [0.15, 0.2) is 97.3 Å². The molecular weight excluding hydrogens is 763 g/mol. The minimum Gasteiger partial charge on any atom is -0.491 e. The molecule has 2 heterocycles. The zero-order valence-corrected chi connectivity index (χ0v) is 34.7. The third-order valence-corrected chi connectivity index (χ3v) is 11.5. The molecule has 3 aromatic carbocycles. The van der Waals surface area contributed by atoms with Gasteiger partial charge in [-0.05, 0) is 105 Å². The number of nitrogens with zero attached hydrogens (tertiary/aromatic N) is 2. The maximum Gasteiger partial charge on any atom is 0.344 e. The topological polar surface area (TPSA) is 160 Å². The summed E-state index contributed by atoms with van der Waals surface area (Å²) in [6.45, 7) is 4.90. The molecule has 322 valence electrons. The quantitative estimate of drug-likeness (QED) is 0.0354. The van der Waals surface area contributed by atoms with E-state index in [1.807, 2.05) is 80.0 Å². The number of fused-ring (bicyclic) bond motifs is 1. The Morgan fingerprint density at radius 3 is 2.60 bits per heavy atom. The van der Waals surface area contributed by atoms with Crippen LogP contribution >= 0.6 is 0 Å². The number of likely N-dealkylation sites (tertiary alicyclic amines) is 1. The highest BCUT2D eigenvalue weighted by atomic mass is 16.6. The molecule has 4 aromatic rings. The summed E-state index contributed by atoms with van der Waals surface area (Å²) >= 11 is 0. The standard InChI is InChI=1S/C48H61N3O9/c1-34-17-18-35(30-51-24-22-37(31-51)50-43-15-9-11-36-29-49-23-21-40(36)43)27-46(34)60-33-48(56)58-26-10-25-57-47(55)16-8-3-2-7-14-41-42(45(54)28-44(41)53)20-19-38(52)32-59-39-12-5-4-6-13-39/h2,4-7,9,11-13,15,17-18,21,23,27,29,37-38,41-42,44-45,50,52-54H,3,8,10,14,16,19-20,22,24-26,28,30-33H2,1H3/b7-2-/t37-,38-,41-,42-,44+,45-/m1/s1. The van der Waals surface area contributed by atoms with Gasteiger partial charge in [0.05, 0.1) is 31.5 Å². The number of benzene rings is 3. The molecule has 6 atom stereocenters. The lowest BCUT2D eigenvalue weighted by Gasteiger charge is -2.23. The summed E-state index contributed by atoms with van der Waals surface area (Å²) in [6, 6.07) is 24.1. The molecular formula is C48H61N3O9. The van der Waals surface area contributed by atoms with Gasteiger partial charge >= 0.3 is 11.9 Å². The van der Waals surface area contributed by atoms with E-state index >= 15 is 0 Å². The van der Waals surface area contributed by atoms with Crippen molar-refractivity contribution in [1.82, 2.24) is 9.88 Å². The third kappa shape index (κ3) is 13.8. The zero-order valence-electron chi connectivity index (χ0n) is 34.7. The lowest BCUT2D eigenvalue weighted by atomic mass is 9.86. The summed E-state index contributed by atoms with van der Waals surface area (Å²) in [4.78, 5) is 31.3. The molecule has 6 rings (SSSR count). The van der Waals surface area contributed by atoms with Gasteiger partial charge in [-0.1, -0.05) is 54.6 Å². The van der Waals surface area contributed by atoms with Gasteiger partial charge in [0.25, 0.3) is 0 Å². The molecule has 0 unspecified atom stereocenters. The van der Waals surface area contributed by atoms with Crippen LogP contribution in [0.2, 0.25) is 0 Å². The molecule has 1 aliphatic carbocycles. The van der Waals surface area contributed by atoms with Crippen molar-refractivity contribution in [2.75, 3.05) is 44.8 Å². The first kappa shape index (κ1) is 44.5. The molecule has 2 aliphatic rings. The largest absolute Gasteiger partial charge is 0.491 e. The van der Waals surface area contributed by atoms with E-state index < -0.39 is 24.3 Å². The number of rotatable bonds is 23. The number of carbonyl (C=O) groups is 2. The number of aliphatic hydroxyl groups is 3. The van der Waals surface area contributed by atoms with Gasteiger partial charge in [0.1, 0.15) is 18.1 Å². The van der Waals surface area contributed by atoms with Gasteiger partial charge in [-0.25, -0.2) is 4.79 Å². The first-order valence-electron chi connectivity index (χ1n) is 21.4. The van der Waals surface area contributed by atoms with Gasteiger partial charge in [-0.2, -0.15) is 0 Å². The second-order valence-corrected chi connectivity index (χ2v) is 16.1. The highest BCUT2D eigenvalue weighted by molar-refractivity contribution is 5.93. The van der Waals surface area contributed by atoms with Crippen molar-refractivity contribution in [3.05, 3.63) is 108 Å². The first-order valence-corrected chi connectivity index (χ1v) is 21.4. The number of ether oxygens (including phenoxy) is 4. The fourth-order valence-corrected chi connectivity index (χ4v) is 8.22. The maximum absolute atomic E-state index is 12.4. The normalized spacial score (nSPS) is 21.0. The van der Waals surface area contributed by atoms with Crippen LogP contribution in [0.25, 0.3) is 10.8 Å². The number of aliphatic hydroxyl groups excluding tert-OH is 3. The van der Waals surface area contributed by atoms with Crippen LogP contribution < -0.4 is 14.8 Å². The third-order valence-electron chi connectivity index (χ3n) is 11.5. The first-order chi connectivity index (χ1) is 29.2. The highest BCUT2D eigenvalue weighted by Gasteiger charge is 2.40.